The van der Waals surface area contributed by atoms with Gasteiger partial charge in [0, 0.05) is 40.8 Å². The van der Waals surface area contributed by atoms with Crippen molar-refractivity contribution in [2.45, 2.75) is 19.8 Å². The summed E-state index contributed by atoms with van der Waals surface area (Å²) >= 11 is 0. The monoisotopic (exact) mass is 306 g/mol. The van der Waals surface area contributed by atoms with Gasteiger partial charge >= 0.3 is 5.97 Å². The van der Waals surface area contributed by atoms with E-state index in [9.17, 15) is 4.79 Å². The summed E-state index contributed by atoms with van der Waals surface area (Å²) in [5.41, 5.74) is 1.30. The van der Waals surface area contributed by atoms with Crippen LogP contribution in [0.2, 0.25) is 0 Å². The summed E-state index contributed by atoms with van der Waals surface area (Å²) in [5.74, 6) is -0.586. The Labute approximate surface area is 111 Å². The van der Waals surface area contributed by atoms with Crippen molar-refractivity contribution in [3.8, 4) is 0 Å². The number of aromatic carboxylic acids is 1. The van der Waals surface area contributed by atoms with Crippen molar-refractivity contribution in [2.75, 3.05) is 0 Å². The molecule has 0 saturated heterocycles. The van der Waals surface area contributed by atoms with E-state index in [1.165, 1.54) is 0 Å². The molecule has 0 aliphatic rings. The molecule has 0 heterocycles. The third-order valence-electron chi connectivity index (χ3n) is 1.81. The topological polar surface area (TPSA) is 37.3 Å². The molecule has 0 fully saturated rings. The molecule has 0 unspecified atom stereocenters. The van der Waals surface area contributed by atoms with Gasteiger partial charge in [0.1, 0.15) is 0 Å². The van der Waals surface area contributed by atoms with Crippen LogP contribution in [0.25, 0.3) is 0 Å². The maximum Gasteiger partial charge on any atom is 0.335 e. The molecule has 3 heteroatoms. The molecule has 0 aliphatic carbocycles. The molecule has 2 nitrogen and oxygen atoms in total. The SMILES string of the molecule is CC(C)c1ccccc1C(=O)O.[Nd]. The van der Waals surface area contributed by atoms with E-state index >= 15 is 0 Å². The Hall–Kier alpha value is 0.0406. The van der Waals surface area contributed by atoms with E-state index in [-0.39, 0.29) is 46.8 Å². The van der Waals surface area contributed by atoms with Crippen LogP contribution in [0.3, 0.4) is 0 Å². The first-order chi connectivity index (χ1) is 5.63. The standard InChI is InChI=1S/C10H12O2.Nd/c1-7(2)8-5-3-4-6-9(8)10(11)12;/h3-7H,1-2H3,(H,11,12);. The maximum absolute atomic E-state index is 10.7. The smallest absolute Gasteiger partial charge is 0.335 e. The van der Waals surface area contributed by atoms with Crippen LogP contribution in [0.4, 0.5) is 0 Å². The van der Waals surface area contributed by atoms with Gasteiger partial charge in [-0.25, -0.2) is 4.79 Å². The molecule has 0 amide bonds. The maximum atomic E-state index is 10.7. The van der Waals surface area contributed by atoms with Crippen molar-refractivity contribution in [1.82, 2.24) is 0 Å². The number of carbonyl (C=O) groups is 1. The largest absolute Gasteiger partial charge is 0.478 e. The number of hydrogen-bond donors (Lipinski definition) is 1. The van der Waals surface area contributed by atoms with Gasteiger partial charge in [-0.15, -0.1) is 0 Å². The van der Waals surface area contributed by atoms with Crippen molar-refractivity contribution in [1.29, 1.82) is 0 Å². The van der Waals surface area contributed by atoms with Crippen molar-refractivity contribution in [2.24, 2.45) is 0 Å². The van der Waals surface area contributed by atoms with Crippen LogP contribution < -0.4 is 0 Å². The first-order valence-corrected chi connectivity index (χ1v) is 3.95. The Morgan fingerprint density at radius 1 is 1.31 bits per heavy atom. The normalized spacial score (nSPS) is 9.46. The molecule has 0 aliphatic heterocycles. The third kappa shape index (κ3) is 3.35. The van der Waals surface area contributed by atoms with Gasteiger partial charge in [-0.1, -0.05) is 32.0 Å². The van der Waals surface area contributed by atoms with E-state index in [0.29, 0.717) is 5.56 Å². The number of benzene rings is 1. The van der Waals surface area contributed by atoms with Crippen LogP contribution in [0.15, 0.2) is 24.3 Å². The molecule has 1 aromatic rings. The minimum absolute atomic E-state index is 0. The molecule has 0 atom stereocenters. The zero-order valence-electron chi connectivity index (χ0n) is 7.74. The second-order valence-electron chi connectivity index (χ2n) is 3.05. The first kappa shape index (κ1) is 13.0. The number of hydrogen-bond acceptors (Lipinski definition) is 1. The summed E-state index contributed by atoms with van der Waals surface area (Å²) in [6, 6.07) is 7.10. The summed E-state index contributed by atoms with van der Waals surface area (Å²) in [5, 5.41) is 8.81. The molecule has 1 rings (SSSR count). The van der Waals surface area contributed by atoms with E-state index in [1.54, 1.807) is 12.1 Å². The number of carboxylic acids is 1. The summed E-state index contributed by atoms with van der Waals surface area (Å²) in [7, 11) is 0. The molecule has 1 aromatic carbocycles. The Bertz CT molecular complexity index is 295. The molecule has 1 N–H and O–H groups in total. The molecular formula is C10H12NdO2. The van der Waals surface area contributed by atoms with Crippen molar-refractivity contribution < 1.29 is 50.7 Å². The number of rotatable bonds is 2. The van der Waals surface area contributed by atoms with Gasteiger partial charge < -0.3 is 5.11 Å². The van der Waals surface area contributed by atoms with E-state index < -0.39 is 5.97 Å². The fourth-order valence-electron chi connectivity index (χ4n) is 1.20. The molecule has 13 heavy (non-hydrogen) atoms. The van der Waals surface area contributed by atoms with Crippen LogP contribution >= 0.6 is 0 Å². The Morgan fingerprint density at radius 3 is 2.23 bits per heavy atom. The Kier molecular flexibility index (Phi) is 5.72. The average molecular weight is 308 g/mol. The van der Waals surface area contributed by atoms with Gasteiger partial charge in [-0.3, -0.25) is 0 Å². The summed E-state index contributed by atoms with van der Waals surface area (Å²) in [6.07, 6.45) is 0. The van der Waals surface area contributed by atoms with E-state index in [4.69, 9.17) is 5.11 Å². The second kappa shape index (κ2) is 5.70. The average Bonchev–Trinajstić information content (AvgIpc) is 2.04. The van der Waals surface area contributed by atoms with Crippen molar-refractivity contribution in [3.63, 3.8) is 0 Å². The minimum atomic E-state index is -0.848. The predicted octanol–water partition coefficient (Wildman–Crippen LogP) is 2.51. The molecule has 0 spiro atoms. The Morgan fingerprint density at radius 2 is 1.85 bits per heavy atom. The van der Waals surface area contributed by atoms with Crippen molar-refractivity contribution >= 4 is 5.97 Å². The van der Waals surface area contributed by atoms with Gasteiger partial charge in [-0.05, 0) is 17.5 Å². The van der Waals surface area contributed by atoms with Gasteiger partial charge in [-0.2, -0.15) is 0 Å². The van der Waals surface area contributed by atoms with Gasteiger partial charge in [0.25, 0.3) is 0 Å². The predicted molar refractivity (Wildman–Crippen MR) is 47.5 cm³/mol. The van der Waals surface area contributed by atoms with Crippen LogP contribution in [0, 0.1) is 40.8 Å². The number of carboxylic acid groups (broad SMARTS) is 1. The molecule has 0 bridgehead atoms. The zero-order chi connectivity index (χ0) is 9.14. The fourth-order valence-corrected chi connectivity index (χ4v) is 1.20. The molecule has 0 aromatic heterocycles. The van der Waals surface area contributed by atoms with E-state index in [2.05, 4.69) is 0 Å². The molecule has 0 radical (unpaired) electrons. The Balaban J connectivity index is 0.00000144. The van der Waals surface area contributed by atoms with Crippen LogP contribution in [0.5, 0.6) is 0 Å². The van der Waals surface area contributed by atoms with Crippen LogP contribution in [-0.2, 0) is 0 Å². The summed E-state index contributed by atoms with van der Waals surface area (Å²) in [4.78, 5) is 10.7. The molecule has 0 saturated carbocycles. The van der Waals surface area contributed by atoms with Gasteiger partial charge in [0.15, 0.2) is 0 Å². The third-order valence-corrected chi connectivity index (χ3v) is 1.81. The summed E-state index contributed by atoms with van der Waals surface area (Å²) in [6.45, 7) is 3.98. The van der Waals surface area contributed by atoms with Crippen molar-refractivity contribution in [3.05, 3.63) is 35.4 Å². The molecule has 68 valence electrons. The van der Waals surface area contributed by atoms with E-state index in [1.807, 2.05) is 26.0 Å². The fraction of sp³-hybridized carbons (Fsp3) is 0.300. The van der Waals surface area contributed by atoms with Gasteiger partial charge in [0.2, 0.25) is 0 Å². The molecular weight excluding hydrogens is 296 g/mol. The first-order valence-electron chi connectivity index (χ1n) is 3.95. The van der Waals surface area contributed by atoms with E-state index in [0.717, 1.165) is 5.56 Å². The summed E-state index contributed by atoms with van der Waals surface area (Å²) < 4.78 is 0. The zero-order valence-corrected chi connectivity index (χ0v) is 11.0. The van der Waals surface area contributed by atoms with Crippen LogP contribution in [-0.4, -0.2) is 11.1 Å². The van der Waals surface area contributed by atoms with Gasteiger partial charge in [0.05, 0.1) is 5.56 Å². The van der Waals surface area contributed by atoms with Crippen LogP contribution in [0.1, 0.15) is 35.7 Å². The second-order valence-corrected chi connectivity index (χ2v) is 3.05. The minimum Gasteiger partial charge on any atom is -0.478 e. The quantitative estimate of drug-likeness (QED) is 0.911.